The number of hydrogen-bond acceptors (Lipinski definition) is 8. The van der Waals surface area contributed by atoms with E-state index >= 15 is 0 Å². The number of aromatic nitrogens is 4. The lowest BCUT2D eigenvalue weighted by Gasteiger charge is -2.08. The third-order valence-corrected chi connectivity index (χ3v) is 6.05. The van der Waals surface area contributed by atoms with E-state index in [1.165, 1.54) is 11.8 Å². The van der Waals surface area contributed by atoms with Crippen molar-refractivity contribution in [1.82, 2.24) is 19.7 Å². The molecular weight excluding hydrogens is 428 g/mol. The van der Waals surface area contributed by atoms with Crippen LogP contribution in [0.2, 0.25) is 0 Å². The van der Waals surface area contributed by atoms with E-state index in [1.807, 2.05) is 47.0 Å². The van der Waals surface area contributed by atoms with Crippen LogP contribution in [0.3, 0.4) is 0 Å². The van der Waals surface area contributed by atoms with Crippen molar-refractivity contribution < 1.29 is 18.7 Å². The normalized spacial score (nSPS) is 12.2. The molecule has 32 heavy (non-hydrogen) atoms. The van der Waals surface area contributed by atoms with Crippen LogP contribution in [0.15, 0.2) is 70.7 Å². The van der Waals surface area contributed by atoms with Crippen LogP contribution in [0, 0.1) is 0 Å². The number of nitrogens with zero attached hydrogens (tertiary/aromatic N) is 4. The van der Waals surface area contributed by atoms with Gasteiger partial charge in [0.25, 0.3) is 0 Å². The minimum atomic E-state index is 0.142. The molecule has 1 aliphatic heterocycles. The second-order valence-electron chi connectivity index (χ2n) is 7.23. The fourth-order valence-corrected chi connectivity index (χ4v) is 4.24. The smallest absolute Gasteiger partial charge is 0.231 e. The SMILES string of the molecule is O=C(CCc1ccc2c(c1)OCO2)CSc1nnc(-c2cccnc2)n1Cc1ccco1. The summed E-state index contributed by atoms with van der Waals surface area (Å²) in [6, 6.07) is 13.3. The van der Waals surface area contributed by atoms with Crippen molar-refractivity contribution in [3.63, 3.8) is 0 Å². The highest BCUT2D eigenvalue weighted by Crippen LogP contribution is 2.33. The highest BCUT2D eigenvalue weighted by molar-refractivity contribution is 7.99. The molecule has 4 heterocycles. The van der Waals surface area contributed by atoms with Crippen molar-refractivity contribution in [1.29, 1.82) is 0 Å². The molecular formula is C23H20N4O4S. The van der Waals surface area contributed by atoms with Crippen LogP contribution in [-0.2, 0) is 17.8 Å². The summed E-state index contributed by atoms with van der Waals surface area (Å²) in [5.74, 6) is 3.40. The van der Waals surface area contributed by atoms with Crippen LogP contribution in [0.1, 0.15) is 17.7 Å². The van der Waals surface area contributed by atoms with Crippen molar-refractivity contribution in [2.45, 2.75) is 24.5 Å². The predicted molar refractivity (Wildman–Crippen MR) is 118 cm³/mol. The lowest BCUT2D eigenvalue weighted by Crippen LogP contribution is -2.07. The molecule has 0 fully saturated rings. The van der Waals surface area contributed by atoms with Crippen LogP contribution in [-0.4, -0.2) is 38.1 Å². The molecule has 0 unspecified atom stereocenters. The molecule has 3 aromatic heterocycles. The Morgan fingerprint density at radius 1 is 1.09 bits per heavy atom. The molecule has 0 saturated heterocycles. The number of benzene rings is 1. The largest absolute Gasteiger partial charge is 0.467 e. The fourth-order valence-electron chi connectivity index (χ4n) is 3.40. The number of Topliss-reactive ketones (excluding diaryl/α,β-unsaturated/α-hetero) is 1. The van der Waals surface area contributed by atoms with Gasteiger partial charge in [-0.25, -0.2) is 0 Å². The lowest BCUT2D eigenvalue weighted by molar-refractivity contribution is -0.116. The second-order valence-corrected chi connectivity index (χ2v) is 8.17. The number of thioether (sulfide) groups is 1. The second kappa shape index (κ2) is 9.27. The van der Waals surface area contributed by atoms with Crippen molar-refractivity contribution in [2.75, 3.05) is 12.5 Å². The van der Waals surface area contributed by atoms with Gasteiger partial charge < -0.3 is 13.9 Å². The summed E-state index contributed by atoms with van der Waals surface area (Å²) in [5, 5.41) is 9.34. The van der Waals surface area contributed by atoms with Crippen molar-refractivity contribution in [3.05, 3.63) is 72.4 Å². The number of furan rings is 1. The molecule has 0 spiro atoms. The van der Waals surface area contributed by atoms with Crippen molar-refractivity contribution >= 4 is 17.5 Å². The lowest BCUT2D eigenvalue weighted by atomic mass is 10.1. The van der Waals surface area contributed by atoms with Gasteiger partial charge in [0.1, 0.15) is 11.5 Å². The number of carbonyl (C=O) groups is 1. The average Bonchev–Trinajstić information content (AvgIpc) is 3.58. The zero-order valence-electron chi connectivity index (χ0n) is 17.1. The molecule has 1 aliphatic rings. The number of rotatable bonds is 9. The summed E-state index contributed by atoms with van der Waals surface area (Å²) >= 11 is 1.38. The first-order valence-corrected chi connectivity index (χ1v) is 11.1. The highest BCUT2D eigenvalue weighted by atomic mass is 32.2. The van der Waals surface area contributed by atoms with Gasteiger partial charge in [-0.05, 0) is 48.4 Å². The molecule has 162 valence electrons. The van der Waals surface area contributed by atoms with Crippen LogP contribution in [0.4, 0.5) is 0 Å². The van der Waals surface area contributed by atoms with E-state index < -0.39 is 0 Å². The molecule has 0 atom stereocenters. The molecule has 0 bridgehead atoms. The first-order valence-electron chi connectivity index (χ1n) is 10.2. The van der Waals surface area contributed by atoms with Crippen LogP contribution < -0.4 is 9.47 Å². The predicted octanol–water partition coefficient (Wildman–Crippen LogP) is 4.00. The standard InChI is InChI=1S/C23H20N4O4S/c28-18(7-5-16-6-8-20-21(11-16)31-15-30-20)14-32-23-26-25-22(17-3-1-9-24-12-17)27(23)13-19-4-2-10-29-19/h1-4,6,8-12H,5,7,13-15H2. The Labute approximate surface area is 188 Å². The third kappa shape index (κ3) is 4.52. The monoisotopic (exact) mass is 448 g/mol. The molecule has 1 aromatic carbocycles. The quantitative estimate of drug-likeness (QED) is 0.355. The molecule has 8 nitrogen and oxygen atoms in total. The third-order valence-electron chi connectivity index (χ3n) is 5.02. The zero-order chi connectivity index (χ0) is 21.8. The number of ether oxygens (including phenoxy) is 2. The minimum Gasteiger partial charge on any atom is -0.467 e. The summed E-state index contributed by atoms with van der Waals surface area (Å²) in [6.45, 7) is 0.714. The molecule has 0 saturated carbocycles. The van der Waals surface area contributed by atoms with Crippen LogP contribution >= 0.6 is 11.8 Å². The summed E-state index contributed by atoms with van der Waals surface area (Å²) in [6.07, 6.45) is 6.18. The summed E-state index contributed by atoms with van der Waals surface area (Å²) in [5.41, 5.74) is 1.90. The van der Waals surface area contributed by atoms with E-state index in [9.17, 15) is 4.79 Å². The van der Waals surface area contributed by atoms with Crippen LogP contribution in [0.25, 0.3) is 11.4 Å². The summed E-state index contributed by atoms with van der Waals surface area (Å²) < 4.78 is 18.2. The Morgan fingerprint density at radius 2 is 2.03 bits per heavy atom. The van der Waals surface area contributed by atoms with Gasteiger partial charge >= 0.3 is 0 Å². The molecule has 4 aromatic rings. The number of carbonyl (C=O) groups excluding carboxylic acids is 1. The van der Waals surface area contributed by atoms with E-state index in [-0.39, 0.29) is 12.6 Å². The number of hydrogen-bond donors (Lipinski definition) is 0. The molecule has 0 N–H and O–H groups in total. The van der Waals surface area contributed by atoms with E-state index in [0.717, 1.165) is 28.4 Å². The van der Waals surface area contributed by atoms with E-state index in [0.29, 0.717) is 36.1 Å². The topological polar surface area (TPSA) is 92.3 Å². The Balaban J connectivity index is 1.25. The van der Waals surface area contributed by atoms with E-state index in [2.05, 4.69) is 15.2 Å². The molecule has 0 amide bonds. The van der Waals surface area contributed by atoms with Gasteiger partial charge in [0.15, 0.2) is 22.5 Å². The first-order chi connectivity index (χ1) is 15.8. The van der Waals surface area contributed by atoms with Crippen LogP contribution in [0.5, 0.6) is 11.5 Å². The number of fused-ring (bicyclic) bond motifs is 1. The molecule has 9 heteroatoms. The maximum atomic E-state index is 12.6. The van der Waals surface area contributed by atoms with E-state index in [1.54, 1.807) is 18.7 Å². The Hall–Kier alpha value is -3.59. The Morgan fingerprint density at radius 3 is 2.88 bits per heavy atom. The van der Waals surface area contributed by atoms with Gasteiger partial charge in [-0.2, -0.15) is 0 Å². The van der Waals surface area contributed by atoms with Gasteiger partial charge in [0, 0.05) is 24.4 Å². The summed E-state index contributed by atoms with van der Waals surface area (Å²) in [7, 11) is 0. The minimum absolute atomic E-state index is 0.142. The maximum absolute atomic E-state index is 12.6. The molecule has 5 rings (SSSR count). The fraction of sp³-hybridized carbons (Fsp3) is 0.217. The zero-order valence-corrected chi connectivity index (χ0v) is 18.0. The molecule has 0 aliphatic carbocycles. The number of ketones is 1. The number of pyridine rings is 1. The van der Waals surface area contributed by atoms with Gasteiger partial charge in [0.05, 0.1) is 18.6 Å². The first kappa shape index (κ1) is 20.3. The Bertz CT molecular complexity index is 1210. The van der Waals surface area contributed by atoms with Gasteiger partial charge in [0.2, 0.25) is 6.79 Å². The maximum Gasteiger partial charge on any atom is 0.231 e. The van der Waals surface area contributed by atoms with E-state index in [4.69, 9.17) is 13.9 Å². The highest BCUT2D eigenvalue weighted by Gasteiger charge is 2.18. The molecule has 0 radical (unpaired) electrons. The van der Waals surface area contributed by atoms with Crippen molar-refractivity contribution in [3.8, 4) is 22.9 Å². The van der Waals surface area contributed by atoms with Crippen molar-refractivity contribution in [2.24, 2.45) is 0 Å². The number of aryl methyl sites for hydroxylation is 1. The van der Waals surface area contributed by atoms with Gasteiger partial charge in [-0.3, -0.25) is 14.3 Å². The average molecular weight is 449 g/mol. The summed E-state index contributed by atoms with van der Waals surface area (Å²) in [4.78, 5) is 16.7. The Kier molecular flexibility index (Phi) is 5.89. The van der Waals surface area contributed by atoms with Gasteiger partial charge in [-0.1, -0.05) is 17.8 Å². The van der Waals surface area contributed by atoms with Gasteiger partial charge in [-0.15, -0.1) is 10.2 Å².